The molecule has 1 aromatic carbocycles. The normalized spacial score (nSPS) is 43.9. The van der Waals surface area contributed by atoms with Crippen molar-refractivity contribution >= 4 is 9.84 Å². The Kier molecular flexibility index (Phi) is 6.26. The predicted molar refractivity (Wildman–Crippen MR) is 133 cm³/mol. The van der Waals surface area contributed by atoms with E-state index < -0.39 is 9.84 Å². The third-order valence-corrected chi connectivity index (χ3v) is 13.1. The van der Waals surface area contributed by atoms with Crippen LogP contribution in [0.4, 0.5) is 0 Å². The van der Waals surface area contributed by atoms with Gasteiger partial charge >= 0.3 is 0 Å². The summed E-state index contributed by atoms with van der Waals surface area (Å²) in [6.07, 6.45) is 11.8. The van der Waals surface area contributed by atoms with Crippen molar-refractivity contribution in [2.45, 2.75) is 96.0 Å². The van der Waals surface area contributed by atoms with Gasteiger partial charge in [-0.25, -0.2) is 8.42 Å². The van der Waals surface area contributed by atoms with E-state index in [4.69, 9.17) is 0 Å². The first-order valence-corrected chi connectivity index (χ1v) is 15.3. The van der Waals surface area contributed by atoms with Crippen LogP contribution >= 0.6 is 0 Å². The minimum absolute atomic E-state index is 0.0719. The van der Waals surface area contributed by atoms with Crippen LogP contribution in [0.15, 0.2) is 35.2 Å². The molecule has 0 aromatic heterocycles. The molecule has 0 saturated heterocycles. The minimum Gasteiger partial charge on any atom is -0.393 e. The lowest BCUT2D eigenvalue weighted by Gasteiger charge is -2.61. The summed E-state index contributed by atoms with van der Waals surface area (Å²) in [5.74, 6) is 4.55. The molecule has 4 heteroatoms. The SMILES string of the molecule is C[C@H](CCS(=O)(=O)c1ccccc1)[C@H]1CC[C@H]2[C@@H]3CC[C@H]4C[C@@H](O)CC[C@]4(C)[C@H]3CC[C@]12C. The van der Waals surface area contributed by atoms with Crippen molar-refractivity contribution < 1.29 is 13.5 Å². The molecule has 184 valence electrons. The first kappa shape index (κ1) is 23.9. The van der Waals surface area contributed by atoms with E-state index in [0.717, 1.165) is 37.0 Å². The fraction of sp³-hybridized carbons (Fsp3) is 0.793. The summed E-state index contributed by atoms with van der Waals surface area (Å²) >= 11 is 0. The van der Waals surface area contributed by atoms with Gasteiger partial charge in [-0.1, -0.05) is 39.0 Å². The maximum Gasteiger partial charge on any atom is 0.178 e. The zero-order chi connectivity index (χ0) is 23.4. The zero-order valence-corrected chi connectivity index (χ0v) is 21.7. The van der Waals surface area contributed by atoms with Crippen LogP contribution in [0, 0.1) is 46.3 Å². The van der Waals surface area contributed by atoms with Crippen molar-refractivity contribution in [3.05, 3.63) is 30.3 Å². The summed E-state index contributed by atoms with van der Waals surface area (Å²) in [5, 5.41) is 10.3. The van der Waals surface area contributed by atoms with E-state index in [2.05, 4.69) is 20.8 Å². The molecule has 0 radical (unpaired) electrons. The molecule has 4 fully saturated rings. The van der Waals surface area contributed by atoms with Gasteiger partial charge in [-0.15, -0.1) is 0 Å². The molecule has 3 nitrogen and oxygen atoms in total. The van der Waals surface area contributed by atoms with Crippen molar-refractivity contribution in [3.8, 4) is 0 Å². The van der Waals surface area contributed by atoms with Gasteiger partial charge in [0.1, 0.15) is 0 Å². The van der Waals surface area contributed by atoms with Gasteiger partial charge in [0.15, 0.2) is 9.84 Å². The van der Waals surface area contributed by atoms with E-state index in [1.807, 2.05) is 18.2 Å². The number of hydrogen-bond acceptors (Lipinski definition) is 3. The van der Waals surface area contributed by atoms with Crippen LogP contribution in [0.2, 0.25) is 0 Å². The molecular formula is C29H44O3S. The summed E-state index contributed by atoms with van der Waals surface area (Å²) in [5.41, 5.74) is 0.797. The molecule has 5 rings (SSSR count). The van der Waals surface area contributed by atoms with E-state index in [0.29, 0.717) is 33.5 Å². The molecule has 0 aliphatic heterocycles. The van der Waals surface area contributed by atoms with Crippen molar-refractivity contribution in [1.29, 1.82) is 0 Å². The molecule has 0 unspecified atom stereocenters. The quantitative estimate of drug-likeness (QED) is 0.532. The number of sulfone groups is 1. The monoisotopic (exact) mass is 472 g/mol. The lowest BCUT2D eigenvalue weighted by Crippen LogP contribution is -2.54. The van der Waals surface area contributed by atoms with Crippen LogP contribution in [-0.4, -0.2) is 25.4 Å². The Morgan fingerprint density at radius 3 is 2.39 bits per heavy atom. The van der Waals surface area contributed by atoms with Crippen LogP contribution in [0.3, 0.4) is 0 Å². The van der Waals surface area contributed by atoms with Gasteiger partial charge in [-0.3, -0.25) is 0 Å². The van der Waals surface area contributed by atoms with Crippen LogP contribution in [0.1, 0.15) is 85.0 Å². The highest BCUT2D eigenvalue weighted by Gasteiger charge is 2.60. The van der Waals surface area contributed by atoms with Crippen LogP contribution < -0.4 is 0 Å². The Morgan fingerprint density at radius 2 is 1.64 bits per heavy atom. The topological polar surface area (TPSA) is 54.4 Å². The summed E-state index contributed by atoms with van der Waals surface area (Å²) < 4.78 is 25.8. The summed E-state index contributed by atoms with van der Waals surface area (Å²) in [6.45, 7) is 7.45. The average molecular weight is 473 g/mol. The Bertz CT molecular complexity index is 943. The van der Waals surface area contributed by atoms with Gasteiger partial charge in [0, 0.05) is 0 Å². The number of benzene rings is 1. The molecule has 4 saturated carbocycles. The summed E-state index contributed by atoms with van der Waals surface area (Å²) in [6, 6.07) is 8.98. The highest BCUT2D eigenvalue weighted by Crippen LogP contribution is 2.68. The van der Waals surface area contributed by atoms with E-state index in [1.54, 1.807) is 12.1 Å². The Hall–Kier alpha value is -0.870. The second-order valence-electron chi connectivity index (χ2n) is 12.7. The van der Waals surface area contributed by atoms with Crippen LogP contribution in [-0.2, 0) is 9.84 Å². The van der Waals surface area contributed by atoms with Gasteiger partial charge < -0.3 is 5.11 Å². The zero-order valence-electron chi connectivity index (χ0n) is 20.9. The van der Waals surface area contributed by atoms with Crippen molar-refractivity contribution in [3.63, 3.8) is 0 Å². The van der Waals surface area contributed by atoms with E-state index >= 15 is 0 Å². The molecule has 0 heterocycles. The molecule has 33 heavy (non-hydrogen) atoms. The lowest BCUT2D eigenvalue weighted by molar-refractivity contribution is -0.129. The standard InChI is InChI=1S/C29H44O3S/c1-20(15-18-33(31,32)23-7-5-4-6-8-23)25-11-12-26-24-10-9-21-19-22(30)13-16-28(21,2)27(24)14-17-29(25,26)3/h4-8,20-22,24-27,30H,9-19H2,1-3H3/t20-,21+,22+,24+,25-,26+,27+,28+,29-/m1/s1. The van der Waals surface area contributed by atoms with Crippen molar-refractivity contribution in [2.24, 2.45) is 46.3 Å². The Morgan fingerprint density at radius 1 is 0.939 bits per heavy atom. The molecule has 0 bridgehead atoms. The van der Waals surface area contributed by atoms with Gasteiger partial charge in [0.05, 0.1) is 16.8 Å². The van der Waals surface area contributed by atoms with Gasteiger partial charge in [0.25, 0.3) is 0 Å². The lowest BCUT2D eigenvalue weighted by atomic mass is 9.44. The van der Waals surface area contributed by atoms with E-state index in [9.17, 15) is 13.5 Å². The Labute approximate surface area is 201 Å². The number of aliphatic hydroxyl groups excluding tert-OH is 1. The maximum absolute atomic E-state index is 12.9. The first-order chi connectivity index (χ1) is 15.6. The third kappa shape index (κ3) is 4.01. The highest BCUT2D eigenvalue weighted by atomic mass is 32.2. The summed E-state index contributed by atoms with van der Waals surface area (Å²) in [4.78, 5) is 0.468. The molecule has 4 aliphatic rings. The van der Waals surface area contributed by atoms with Gasteiger partial charge in [-0.2, -0.15) is 0 Å². The number of hydrogen-bond donors (Lipinski definition) is 1. The second-order valence-corrected chi connectivity index (χ2v) is 14.8. The van der Waals surface area contributed by atoms with Crippen molar-refractivity contribution in [2.75, 3.05) is 5.75 Å². The second kappa shape index (κ2) is 8.66. The highest BCUT2D eigenvalue weighted by molar-refractivity contribution is 7.91. The molecule has 1 aromatic rings. The number of fused-ring (bicyclic) bond motifs is 5. The van der Waals surface area contributed by atoms with Gasteiger partial charge in [-0.05, 0) is 123 Å². The van der Waals surface area contributed by atoms with E-state index in [1.165, 1.54) is 44.9 Å². The Balaban J connectivity index is 1.28. The van der Waals surface area contributed by atoms with Crippen LogP contribution in [0.25, 0.3) is 0 Å². The average Bonchev–Trinajstić information content (AvgIpc) is 3.16. The largest absolute Gasteiger partial charge is 0.393 e. The number of aliphatic hydroxyl groups is 1. The molecule has 9 atom stereocenters. The maximum atomic E-state index is 12.9. The number of rotatable bonds is 5. The third-order valence-electron chi connectivity index (χ3n) is 11.3. The van der Waals surface area contributed by atoms with E-state index in [-0.39, 0.29) is 11.9 Å². The predicted octanol–water partition coefficient (Wildman–Crippen LogP) is 6.51. The summed E-state index contributed by atoms with van der Waals surface area (Å²) in [7, 11) is -3.20. The minimum atomic E-state index is -3.20. The fourth-order valence-electron chi connectivity index (χ4n) is 9.50. The van der Waals surface area contributed by atoms with Crippen molar-refractivity contribution in [1.82, 2.24) is 0 Å². The molecule has 0 spiro atoms. The molecule has 0 amide bonds. The fourth-order valence-corrected chi connectivity index (χ4v) is 11.0. The van der Waals surface area contributed by atoms with Crippen LogP contribution in [0.5, 0.6) is 0 Å². The molecular weight excluding hydrogens is 428 g/mol. The molecule has 4 aliphatic carbocycles. The smallest absolute Gasteiger partial charge is 0.178 e. The van der Waals surface area contributed by atoms with Gasteiger partial charge in [0.2, 0.25) is 0 Å². The first-order valence-electron chi connectivity index (χ1n) is 13.6. The molecule has 1 N–H and O–H groups in total.